The average Bonchev–Trinajstić information content (AvgIpc) is 3.98. The lowest BCUT2D eigenvalue weighted by atomic mass is 9.85. The van der Waals surface area contributed by atoms with E-state index in [1.807, 2.05) is 52.0 Å². The number of halogens is 5. The fraction of sp³-hybridized carbons (Fsp3) is 0.417. The SMILES string of the molecule is Cc1ncsc1-c1ccc(CNC(=O)[C@@H]2CCCN2C(=O)C(NC(=O)CCCCCC#Cc2ncc(N3C(=S)N(c4ccc(C#N)c(C(F)(F)F)c4F)C(=O)C3(C)C)cc2F)C(C)(C)C)cc1. The van der Waals surface area contributed by atoms with Crippen LogP contribution in [-0.2, 0) is 31.9 Å². The molecule has 0 spiro atoms. The second-order valence-corrected chi connectivity index (χ2v) is 19.1. The Hall–Kier alpha value is -6.31. The van der Waals surface area contributed by atoms with E-state index in [9.17, 15) is 32.3 Å². The van der Waals surface area contributed by atoms with Crippen molar-refractivity contribution in [1.82, 2.24) is 25.5 Å². The summed E-state index contributed by atoms with van der Waals surface area (Å²) in [6.07, 6.45) is -0.740. The molecule has 2 saturated heterocycles. The van der Waals surface area contributed by atoms with Gasteiger partial charge < -0.3 is 20.4 Å². The lowest BCUT2D eigenvalue weighted by Gasteiger charge is -2.35. The van der Waals surface area contributed by atoms with E-state index in [2.05, 4.69) is 32.4 Å². The van der Waals surface area contributed by atoms with E-state index in [0.717, 1.165) is 44.8 Å². The molecule has 0 bridgehead atoms. The Morgan fingerprint density at radius 2 is 1.76 bits per heavy atom. The Bertz CT molecular complexity index is 2680. The maximum atomic E-state index is 15.4. The van der Waals surface area contributed by atoms with Gasteiger partial charge >= 0.3 is 6.18 Å². The van der Waals surface area contributed by atoms with Crippen molar-refractivity contribution in [1.29, 1.82) is 5.26 Å². The molecule has 6 rings (SSSR count). The molecule has 0 saturated carbocycles. The molecule has 2 aliphatic heterocycles. The van der Waals surface area contributed by atoms with Gasteiger partial charge in [0.2, 0.25) is 17.7 Å². The number of unbranched alkanes of at least 4 members (excludes halogenated alkanes) is 3. The molecule has 4 aromatic rings. The van der Waals surface area contributed by atoms with Crippen LogP contribution in [0.5, 0.6) is 0 Å². The van der Waals surface area contributed by atoms with Gasteiger partial charge in [-0.1, -0.05) is 57.4 Å². The number of benzene rings is 2. The smallest absolute Gasteiger partial charge is 0.350 e. The molecule has 1 unspecified atom stereocenters. The maximum Gasteiger partial charge on any atom is 0.420 e. The number of carbonyl (C=O) groups excluding carboxylic acids is 4. The van der Waals surface area contributed by atoms with Crippen molar-refractivity contribution < 1.29 is 41.1 Å². The highest BCUT2D eigenvalue weighted by atomic mass is 32.1. The lowest BCUT2D eigenvalue weighted by Crippen LogP contribution is -2.57. The van der Waals surface area contributed by atoms with Crippen LogP contribution in [0.15, 0.2) is 54.2 Å². The highest BCUT2D eigenvalue weighted by Gasteiger charge is 2.52. The zero-order chi connectivity index (χ0) is 49.0. The summed E-state index contributed by atoms with van der Waals surface area (Å²) in [5, 5.41) is 14.6. The number of hydrogen-bond acceptors (Lipinski definition) is 9. The van der Waals surface area contributed by atoms with Crippen molar-refractivity contribution in [2.24, 2.45) is 5.41 Å². The van der Waals surface area contributed by atoms with Crippen LogP contribution in [0.2, 0.25) is 0 Å². The van der Waals surface area contributed by atoms with E-state index in [1.165, 1.54) is 26.1 Å². The van der Waals surface area contributed by atoms with Gasteiger partial charge in [0, 0.05) is 32.0 Å². The molecule has 67 heavy (non-hydrogen) atoms. The van der Waals surface area contributed by atoms with Gasteiger partial charge in [0.05, 0.1) is 45.3 Å². The first-order valence-corrected chi connectivity index (χ1v) is 22.8. The molecule has 2 aromatic carbocycles. The summed E-state index contributed by atoms with van der Waals surface area (Å²) in [6.45, 7) is 11.0. The van der Waals surface area contributed by atoms with Gasteiger partial charge in [0.25, 0.3) is 5.91 Å². The molecule has 2 atom stereocenters. The van der Waals surface area contributed by atoms with Gasteiger partial charge in [-0.2, -0.15) is 18.4 Å². The molecule has 12 nitrogen and oxygen atoms in total. The Labute approximate surface area is 394 Å². The topological polar surface area (TPSA) is 152 Å². The minimum absolute atomic E-state index is 0.0327. The second kappa shape index (κ2) is 20.3. The Kier molecular flexibility index (Phi) is 15.2. The molecule has 2 N–H and O–H groups in total. The maximum absolute atomic E-state index is 15.4. The Balaban J connectivity index is 0.985. The van der Waals surface area contributed by atoms with Crippen LogP contribution in [-0.4, -0.2) is 67.8 Å². The molecular formula is C48H49F5N8O4S2. The number of alkyl halides is 3. The number of hydrogen-bond donors (Lipinski definition) is 2. The number of pyridine rings is 1. The summed E-state index contributed by atoms with van der Waals surface area (Å²) in [7, 11) is 0. The highest BCUT2D eigenvalue weighted by molar-refractivity contribution is 7.81. The van der Waals surface area contributed by atoms with Crippen LogP contribution in [0.4, 0.5) is 33.3 Å². The molecule has 2 aromatic heterocycles. The number of carbonyl (C=O) groups is 4. The zero-order valence-electron chi connectivity index (χ0n) is 37.7. The molecule has 0 radical (unpaired) electrons. The number of nitriles is 1. The number of rotatable bonds is 13. The van der Waals surface area contributed by atoms with E-state index in [4.69, 9.17) is 17.5 Å². The molecular weight excluding hydrogens is 912 g/mol. The quantitative estimate of drug-likeness (QED) is 0.0580. The van der Waals surface area contributed by atoms with Gasteiger partial charge in [-0.15, -0.1) is 11.3 Å². The molecule has 352 valence electrons. The van der Waals surface area contributed by atoms with E-state index in [1.54, 1.807) is 21.7 Å². The van der Waals surface area contributed by atoms with Crippen molar-refractivity contribution in [3.8, 4) is 28.4 Å². The Morgan fingerprint density at radius 3 is 2.39 bits per heavy atom. The van der Waals surface area contributed by atoms with Crippen LogP contribution in [0.1, 0.15) is 108 Å². The third kappa shape index (κ3) is 11.0. The monoisotopic (exact) mass is 960 g/mol. The van der Waals surface area contributed by atoms with Crippen molar-refractivity contribution in [3.63, 3.8) is 0 Å². The summed E-state index contributed by atoms with van der Waals surface area (Å²) in [5.74, 6) is 1.04. The summed E-state index contributed by atoms with van der Waals surface area (Å²) in [4.78, 5) is 66.8. The van der Waals surface area contributed by atoms with Crippen LogP contribution >= 0.6 is 23.6 Å². The number of amides is 4. The minimum atomic E-state index is -5.25. The van der Waals surface area contributed by atoms with Gasteiger partial charge in [-0.3, -0.25) is 24.1 Å². The Morgan fingerprint density at radius 1 is 1.04 bits per heavy atom. The highest BCUT2D eigenvalue weighted by Crippen LogP contribution is 2.42. The van der Waals surface area contributed by atoms with Gasteiger partial charge in [0.15, 0.2) is 16.7 Å². The molecule has 4 heterocycles. The fourth-order valence-electron chi connectivity index (χ4n) is 8.02. The number of aryl methyl sites for hydroxylation is 1. The number of nitrogens with zero attached hydrogens (tertiary/aromatic N) is 6. The van der Waals surface area contributed by atoms with Crippen molar-refractivity contribution >= 4 is 63.7 Å². The van der Waals surface area contributed by atoms with Gasteiger partial charge in [-0.25, -0.2) is 18.7 Å². The standard InChI is InChI=1S/C48H49F5N8O4S2/c1-28-40(67-27-57-28)30-18-16-29(17-19-30)25-56-42(63)36-14-12-22-59(36)43(64)41(46(2,3)4)58-37(62)15-11-9-7-8-10-13-34-33(49)23-32(26-55-34)61-45(66)60(44(65)47(61,5)6)35-21-20-31(24-54)38(39(35)50)48(51,52)53/h16-21,23,26-27,36,41H,7-9,11-12,14-15,22,25H2,1-6H3,(H,56,63)(H,58,62)/t36-,41?/m0/s1. The minimum Gasteiger partial charge on any atom is -0.350 e. The van der Waals surface area contributed by atoms with Crippen molar-refractivity contribution in [2.75, 3.05) is 16.3 Å². The number of thiazole rings is 1. The number of aromatic nitrogens is 2. The number of likely N-dealkylation sites (tertiary alicyclic amines) is 1. The van der Waals surface area contributed by atoms with Gasteiger partial charge in [0.1, 0.15) is 28.9 Å². The third-order valence-electron chi connectivity index (χ3n) is 11.6. The predicted molar refractivity (Wildman–Crippen MR) is 247 cm³/mol. The van der Waals surface area contributed by atoms with Crippen LogP contribution in [0.3, 0.4) is 0 Å². The molecule has 2 fully saturated rings. The van der Waals surface area contributed by atoms with Crippen LogP contribution in [0, 0.1) is 47.1 Å². The molecule has 2 aliphatic rings. The number of anilines is 2. The lowest BCUT2D eigenvalue weighted by molar-refractivity contribution is -0.144. The molecule has 19 heteroatoms. The third-order valence-corrected chi connectivity index (χ3v) is 13.0. The first-order valence-electron chi connectivity index (χ1n) is 21.6. The van der Waals surface area contributed by atoms with Crippen molar-refractivity contribution in [3.05, 3.63) is 93.9 Å². The fourth-order valence-corrected chi connectivity index (χ4v) is 9.35. The summed E-state index contributed by atoms with van der Waals surface area (Å²) >= 11 is 6.99. The summed E-state index contributed by atoms with van der Waals surface area (Å²) in [6, 6.07) is 10.3. The number of thiocarbonyl (C=S) groups is 1. The van der Waals surface area contributed by atoms with Crippen LogP contribution in [0.25, 0.3) is 10.4 Å². The van der Waals surface area contributed by atoms with E-state index in [0.29, 0.717) is 56.5 Å². The largest absolute Gasteiger partial charge is 0.420 e. The molecule has 4 amide bonds. The predicted octanol–water partition coefficient (Wildman–Crippen LogP) is 8.74. The van der Waals surface area contributed by atoms with Gasteiger partial charge in [-0.05, 0) is 93.3 Å². The van der Waals surface area contributed by atoms with Crippen molar-refractivity contribution in [2.45, 2.75) is 117 Å². The summed E-state index contributed by atoms with van der Waals surface area (Å²) < 4.78 is 71.9. The zero-order valence-corrected chi connectivity index (χ0v) is 39.4. The van der Waals surface area contributed by atoms with Crippen LogP contribution < -0.4 is 20.4 Å². The average molecular weight is 961 g/mol. The first kappa shape index (κ1) is 50.1. The molecule has 0 aliphatic carbocycles. The number of nitrogens with one attached hydrogen (secondary N) is 2. The van der Waals surface area contributed by atoms with E-state index in [-0.39, 0.29) is 35.5 Å². The van der Waals surface area contributed by atoms with E-state index >= 15 is 8.78 Å². The normalized spacial score (nSPS) is 16.4. The second-order valence-electron chi connectivity index (χ2n) is 17.9. The van der Waals surface area contributed by atoms with E-state index < -0.39 is 68.7 Å². The first-order chi connectivity index (χ1) is 31.6. The summed E-state index contributed by atoms with van der Waals surface area (Å²) in [5.41, 5.74) is -1.39.